The third kappa shape index (κ3) is 4.41. The number of ether oxygens (including phenoxy) is 6. The Bertz CT molecular complexity index is 967. The van der Waals surface area contributed by atoms with Crippen molar-refractivity contribution in [3.05, 3.63) is 0 Å². The van der Waals surface area contributed by atoms with Crippen LogP contribution >= 0.6 is 0 Å². The van der Waals surface area contributed by atoms with Gasteiger partial charge >= 0.3 is 17.9 Å². The van der Waals surface area contributed by atoms with Crippen molar-refractivity contribution < 1.29 is 47.9 Å². The molecule has 2 aliphatic carbocycles. The van der Waals surface area contributed by atoms with Gasteiger partial charge in [-0.1, -0.05) is 27.7 Å². The lowest BCUT2D eigenvalue weighted by Gasteiger charge is -2.65. The minimum atomic E-state index is -1.18. The number of rotatable bonds is 7. The Kier molecular flexibility index (Phi) is 7.57. The quantitative estimate of drug-likeness (QED) is 0.286. The summed E-state index contributed by atoms with van der Waals surface area (Å²) in [5, 5.41) is 11.6. The SMILES string of the molecule is CCC(C)C(=O)OC1C(O)C[C@H]2[C@@](C)([C@@H]3C[C@@H]4CCO[C@@H]4O3)C(C)CC(OC(C)=O)[C@@]2(COC(C)=O)[C@@]12CO2. The van der Waals surface area contributed by atoms with Crippen molar-refractivity contribution in [3.63, 3.8) is 0 Å². The molecule has 3 aliphatic heterocycles. The van der Waals surface area contributed by atoms with Crippen LogP contribution in [0.3, 0.4) is 0 Å². The molecule has 5 aliphatic rings. The predicted molar refractivity (Wildman–Crippen MR) is 136 cm³/mol. The number of carbonyl (C=O) groups is 3. The van der Waals surface area contributed by atoms with Gasteiger partial charge in [-0.05, 0) is 43.9 Å². The van der Waals surface area contributed by atoms with E-state index in [4.69, 9.17) is 28.4 Å². The zero-order valence-electron chi connectivity index (χ0n) is 24.0. The molecule has 0 aromatic carbocycles. The molecule has 1 N–H and O–H groups in total. The van der Waals surface area contributed by atoms with Gasteiger partial charge in [0, 0.05) is 25.2 Å². The van der Waals surface area contributed by atoms with Crippen LogP contribution in [0, 0.1) is 34.5 Å². The maximum absolute atomic E-state index is 13.0. The van der Waals surface area contributed by atoms with Gasteiger partial charge in [-0.15, -0.1) is 0 Å². The van der Waals surface area contributed by atoms with Gasteiger partial charge in [-0.25, -0.2) is 0 Å². The highest BCUT2D eigenvalue weighted by molar-refractivity contribution is 5.72. The van der Waals surface area contributed by atoms with Gasteiger partial charge < -0.3 is 33.5 Å². The summed E-state index contributed by atoms with van der Waals surface area (Å²) in [6.07, 6.45) is -0.0393. The molecular formula is C29H44O10. The summed E-state index contributed by atoms with van der Waals surface area (Å²) in [6, 6.07) is 0. The smallest absolute Gasteiger partial charge is 0.309 e. The highest BCUT2D eigenvalue weighted by Crippen LogP contribution is 2.70. The van der Waals surface area contributed by atoms with E-state index in [1.807, 2.05) is 6.92 Å². The Morgan fingerprint density at radius 2 is 1.82 bits per heavy atom. The molecule has 3 saturated heterocycles. The van der Waals surface area contributed by atoms with E-state index >= 15 is 0 Å². The van der Waals surface area contributed by atoms with Gasteiger partial charge in [0.25, 0.3) is 0 Å². The van der Waals surface area contributed by atoms with E-state index in [-0.39, 0.29) is 49.8 Å². The van der Waals surface area contributed by atoms with E-state index in [0.717, 1.165) is 12.8 Å². The van der Waals surface area contributed by atoms with Gasteiger partial charge in [-0.3, -0.25) is 14.4 Å². The largest absolute Gasteiger partial charge is 0.465 e. The molecular weight excluding hydrogens is 508 g/mol. The molecule has 0 bridgehead atoms. The Morgan fingerprint density at radius 3 is 2.41 bits per heavy atom. The lowest BCUT2D eigenvalue weighted by molar-refractivity contribution is -0.285. The van der Waals surface area contributed by atoms with Crippen LogP contribution in [0.15, 0.2) is 0 Å². The maximum Gasteiger partial charge on any atom is 0.309 e. The second-order valence-electron chi connectivity index (χ2n) is 12.8. The molecule has 10 heteroatoms. The third-order valence-corrected chi connectivity index (χ3v) is 10.9. The third-order valence-electron chi connectivity index (χ3n) is 10.9. The molecule has 0 amide bonds. The molecule has 220 valence electrons. The van der Waals surface area contributed by atoms with Crippen molar-refractivity contribution in [2.24, 2.45) is 34.5 Å². The molecule has 39 heavy (non-hydrogen) atoms. The van der Waals surface area contributed by atoms with E-state index in [1.54, 1.807) is 6.92 Å². The molecule has 5 unspecified atom stereocenters. The molecule has 0 aromatic heterocycles. The first-order valence-corrected chi connectivity index (χ1v) is 14.5. The first kappa shape index (κ1) is 28.8. The normalized spacial score (nSPS) is 47.2. The van der Waals surface area contributed by atoms with Crippen LogP contribution in [0.4, 0.5) is 0 Å². The summed E-state index contributed by atoms with van der Waals surface area (Å²) in [7, 11) is 0. The monoisotopic (exact) mass is 552 g/mol. The molecule has 1 spiro atoms. The number of hydrogen-bond donors (Lipinski definition) is 1. The fourth-order valence-corrected chi connectivity index (χ4v) is 8.29. The number of fused-ring (bicyclic) bond motifs is 3. The fourth-order valence-electron chi connectivity index (χ4n) is 8.29. The lowest BCUT2D eigenvalue weighted by Crippen LogP contribution is -2.74. The zero-order chi connectivity index (χ0) is 28.3. The second-order valence-corrected chi connectivity index (χ2v) is 12.8. The first-order valence-electron chi connectivity index (χ1n) is 14.5. The summed E-state index contributed by atoms with van der Waals surface area (Å²) >= 11 is 0. The molecule has 5 rings (SSSR count). The summed E-state index contributed by atoms with van der Waals surface area (Å²) < 4.78 is 36.4. The average molecular weight is 553 g/mol. The minimum Gasteiger partial charge on any atom is -0.465 e. The Hall–Kier alpha value is -1.75. The van der Waals surface area contributed by atoms with E-state index < -0.39 is 52.7 Å². The zero-order valence-corrected chi connectivity index (χ0v) is 24.0. The van der Waals surface area contributed by atoms with Crippen molar-refractivity contribution in [3.8, 4) is 0 Å². The van der Waals surface area contributed by atoms with Crippen molar-refractivity contribution >= 4 is 17.9 Å². The molecule has 3 heterocycles. The van der Waals surface area contributed by atoms with E-state index in [1.165, 1.54) is 13.8 Å². The number of carbonyl (C=O) groups excluding carboxylic acids is 3. The van der Waals surface area contributed by atoms with Crippen molar-refractivity contribution in [2.75, 3.05) is 19.8 Å². The number of epoxide rings is 1. The number of aliphatic hydroxyl groups excluding tert-OH is 1. The van der Waals surface area contributed by atoms with Crippen LogP contribution in [0.25, 0.3) is 0 Å². The van der Waals surface area contributed by atoms with Gasteiger partial charge in [0.1, 0.15) is 18.3 Å². The number of esters is 3. The number of aliphatic hydroxyl groups is 1. The summed E-state index contributed by atoms with van der Waals surface area (Å²) in [6.45, 7) is 11.5. The standard InChI is InChI=1S/C29H44O10/c1-7-15(2)25(33)39-24-20(32)12-21-27(6,22-11-19-8-9-34-26(19)38-22)16(3)10-23(37-18(5)31)28(21,13-35-17(4)30)29(24)14-36-29/h15-16,19-24,26,32H,7-14H2,1-6H3/t15?,16?,19-,20?,21-,22-,23?,24?,26+,27-,28-,29+/m0/s1. The topological polar surface area (TPSA) is 130 Å². The van der Waals surface area contributed by atoms with E-state index in [2.05, 4.69) is 13.8 Å². The summed E-state index contributed by atoms with van der Waals surface area (Å²) in [5.74, 6) is -1.70. The van der Waals surface area contributed by atoms with Crippen LogP contribution in [0.2, 0.25) is 0 Å². The van der Waals surface area contributed by atoms with Crippen LogP contribution in [0.5, 0.6) is 0 Å². The van der Waals surface area contributed by atoms with Crippen molar-refractivity contribution in [1.29, 1.82) is 0 Å². The molecule has 0 aromatic rings. The second kappa shape index (κ2) is 10.3. The van der Waals surface area contributed by atoms with Crippen LogP contribution in [0.1, 0.15) is 73.6 Å². The molecule has 12 atom stereocenters. The fraction of sp³-hybridized carbons (Fsp3) is 0.897. The first-order chi connectivity index (χ1) is 18.4. The van der Waals surface area contributed by atoms with Crippen LogP contribution in [-0.2, 0) is 42.8 Å². The molecule has 10 nitrogen and oxygen atoms in total. The maximum atomic E-state index is 13.0. The Labute approximate surface area is 230 Å². The number of hydrogen-bond acceptors (Lipinski definition) is 10. The average Bonchev–Trinajstić information content (AvgIpc) is 3.36. The van der Waals surface area contributed by atoms with E-state index in [9.17, 15) is 19.5 Å². The summed E-state index contributed by atoms with van der Waals surface area (Å²) in [4.78, 5) is 37.7. The van der Waals surface area contributed by atoms with Crippen LogP contribution < -0.4 is 0 Å². The molecule has 2 saturated carbocycles. The van der Waals surface area contributed by atoms with Gasteiger partial charge in [0.05, 0.1) is 36.8 Å². The Balaban J connectivity index is 1.62. The van der Waals surface area contributed by atoms with Crippen LogP contribution in [-0.4, -0.2) is 79.1 Å². The molecule has 0 radical (unpaired) electrons. The van der Waals surface area contributed by atoms with E-state index in [0.29, 0.717) is 25.4 Å². The lowest BCUT2D eigenvalue weighted by atomic mass is 9.41. The van der Waals surface area contributed by atoms with Gasteiger partial charge in [-0.2, -0.15) is 0 Å². The predicted octanol–water partition coefficient (Wildman–Crippen LogP) is 2.77. The summed E-state index contributed by atoms with van der Waals surface area (Å²) in [5.41, 5.74) is -2.75. The highest BCUT2D eigenvalue weighted by Gasteiger charge is 2.81. The molecule has 5 fully saturated rings. The van der Waals surface area contributed by atoms with Crippen molar-refractivity contribution in [2.45, 2.75) is 110 Å². The van der Waals surface area contributed by atoms with Gasteiger partial charge in [0.15, 0.2) is 12.4 Å². The minimum absolute atomic E-state index is 0.0309. The Morgan fingerprint density at radius 1 is 1.10 bits per heavy atom. The van der Waals surface area contributed by atoms with Crippen molar-refractivity contribution in [1.82, 2.24) is 0 Å². The van der Waals surface area contributed by atoms with Gasteiger partial charge in [0.2, 0.25) is 0 Å². The highest BCUT2D eigenvalue weighted by atomic mass is 16.7.